The largest absolute Gasteiger partial charge is 0.509 e. The van der Waals surface area contributed by atoms with Crippen LogP contribution in [0.1, 0.15) is 16.7 Å². The van der Waals surface area contributed by atoms with E-state index in [1.54, 1.807) is 12.1 Å². The fourth-order valence-electron chi connectivity index (χ4n) is 2.05. The van der Waals surface area contributed by atoms with E-state index in [4.69, 9.17) is 5.11 Å². The Balaban J connectivity index is 2.90. The molecule has 0 aliphatic heterocycles. The van der Waals surface area contributed by atoms with Crippen molar-refractivity contribution in [2.75, 3.05) is 6.61 Å². The molecule has 0 saturated carbocycles. The lowest BCUT2D eigenvalue weighted by Gasteiger charge is -2.25. The van der Waals surface area contributed by atoms with Crippen molar-refractivity contribution in [3.63, 3.8) is 0 Å². The van der Waals surface area contributed by atoms with Crippen LogP contribution in [0.5, 0.6) is 0 Å². The molecule has 0 aliphatic rings. The first-order valence-electron chi connectivity index (χ1n) is 6.58. The summed E-state index contributed by atoms with van der Waals surface area (Å²) in [5.41, 5.74) is 2.58. The van der Waals surface area contributed by atoms with E-state index in [2.05, 4.69) is 0 Å². The van der Waals surface area contributed by atoms with E-state index in [0.717, 1.165) is 11.1 Å². The van der Waals surface area contributed by atoms with E-state index in [-0.39, 0.29) is 0 Å². The Morgan fingerprint density at radius 1 is 1.00 bits per heavy atom. The molecule has 118 valence electrons. The molecule has 0 saturated heterocycles. The SMILES string of the molecule is Cc1cc(C)cc(C=C(O)[C@H](O)[C@@H](O)[C@H](O)[C@H](O)CO)c1. The second-order valence-corrected chi connectivity index (χ2v) is 5.17. The lowest BCUT2D eigenvalue weighted by Crippen LogP contribution is -2.46. The Morgan fingerprint density at radius 3 is 2.00 bits per heavy atom. The average molecular weight is 298 g/mol. The highest BCUT2D eigenvalue weighted by Crippen LogP contribution is 2.16. The smallest absolute Gasteiger partial charge is 0.139 e. The molecule has 0 radical (unpaired) electrons. The molecule has 1 rings (SSSR count). The third-order valence-corrected chi connectivity index (χ3v) is 3.12. The summed E-state index contributed by atoms with van der Waals surface area (Å²) in [6, 6.07) is 5.50. The first-order valence-corrected chi connectivity index (χ1v) is 6.58. The van der Waals surface area contributed by atoms with Gasteiger partial charge in [0.1, 0.15) is 30.2 Å². The fraction of sp³-hybridized carbons (Fsp3) is 0.467. The van der Waals surface area contributed by atoms with Crippen LogP contribution in [-0.4, -0.2) is 61.7 Å². The minimum atomic E-state index is -1.82. The molecule has 0 fully saturated rings. The van der Waals surface area contributed by atoms with E-state index < -0.39 is 36.8 Å². The molecule has 0 heterocycles. The van der Waals surface area contributed by atoms with Crippen LogP contribution >= 0.6 is 0 Å². The molecule has 0 spiro atoms. The van der Waals surface area contributed by atoms with Gasteiger partial charge in [-0.1, -0.05) is 29.3 Å². The summed E-state index contributed by atoms with van der Waals surface area (Å²) in [5, 5.41) is 56.7. The third-order valence-electron chi connectivity index (χ3n) is 3.12. The molecule has 1 aromatic carbocycles. The van der Waals surface area contributed by atoms with Crippen LogP contribution in [0.25, 0.3) is 6.08 Å². The van der Waals surface area contributed by atoms with Crippen LogP contribution in [0.2, 0.25) is 0 Å². The lowest BCUT2D eigenvalue weighted by molar-refractivity contribution is -0.112. The maximum atomic E-state index is 9.82. The minimum Gasteiger partial charge on any atom is -0.509 e. The van der Waals surface area contributed by atoms with Crippen molar-refractivity contribution >= 4 is 6.08 Å². The molecular formula is C15H22O6. The average Bonchev–Trinajstić information content (AvgIpc) is 2.42. The normalized spacial score (nSPS) is 18.1. The van der Waals surface area contributed by atoms with Gasteiger partial charge in [-0.2, -0.15) is 0 Å². The molecule has 4 atom stereocenters. The van der Waals surface area contributed by atoms with E-state index in [1.165, 1.54) is 6.08 Å². The van der Waals surface area contributed by atoms with Gasteiger partial charge in [0, 0.05) is 0 Å². The van der Waals surface area contributed by atoms with Gasteiger partial charge in [0.2, 0.25) is 0 Å². The van der Waals surface area contributed by atoms with Gasteiger partial charge in [-0.05, 0) is 25.5 Å². The van der Waals surface area contributed by atoms with E-state index in [9.17, 15) is 25.5 Å². The number of aliphatic hydroxyl groups excluding tert-OH is 6. The number of hydrogen-bond acceptors (Lipinski definition) is 6. The Hall–Kier alpha value is -1.44. The van der Waals surface area contributed by atoms with Crippen molar-refractivity contribution in [3.05, 3.63) is 40.6 Å². The predicted octanol–water partition coefficient (Wildman–Crippen LogP) is -0.362. The maximum absolute atomic E-state index is 9.82. The summed E-state index contributed by atoms with van der Waals surface area (Å²) in [4.78, 5) is 0. The first-order chi connectivity index (χ1) is 9.76. The van der Waals surface area contributed by atoms with E-state index >= 15 is 0 Å². The summed E-state index contributed by atoms with van der Waals surface area (Å²) in [5.74, 6) is -0.545. The van der Waals surface area contributed by atoms with Crippen molar-refractivity contribution in [2.45, 2.75) is 38.3 Å². The monoisotopic (exact) mass is 298 g/mol. The lowest BCUT2D eigenvalue weighted by atomic mass is 10.00. The molecule has 6 nitrogen and oxygen atoms in total. The predicted molar refractivity (Wildman–Crippen MR) is 77.6 cm³/mol. The van der Waals surface area contributed by atoms with Crippen molar-refractivity contribution in [3.8, 4) is 0 Å². The van der Waals surface area contributed by atoms with Gasteiger partial charge >= 0.3 is 0 Å². The van der Waals surface area contributed by atoms with Crippen LogP contribution in [0, 0.1) is 13.8 Å². The van der Waals surface area contributed by atoms with E-state index in [1.807, 2.05) is 19.9 Å². The molecule has 0 aromatic heterocycles. The van der Waals surface area contributed by atoms with Crippen LogP contribution in [-0.2, 0) is 0 Å². The van der Waals surface area contributed by atoms with Gasteiger partial charge in [0.25, 0.3) is 0 Å². The van der Waals surface area contributed by atoms with Crippen LogP contribution in [0.3, 0.4) is 0 Å². The second-order valence-electron chi connectivity index (χ2n) is 5.17. The van der Waals surface area contributed by atoms with E-state index in [0.29, 0.717) is 5.56 Å². The maximum Gasteiger partial charge on any atom is 0.139 e. The van der Waals surface area contributed by atoms with Gasteiger partial charge < -0.3 is 30.6 Å². The van der Waals surface area contributed by atoms with Crippen LogP contribution < -0.4 is 0 Å². The summed E-state index contributed by atoms with van der Waals surface area (Å²) in [7, 11) is 0. The van der Waals surface area contributed by atoms with Gasteiger partial charge in [-0.3, -0.25) is 0 Å². The summed E-state index contributed by atoms with van der Waals surface area (Å²) in [6.45, 7) is 2.99. The molecule has 1 aromatic rings. The zero-order chi connectivity index (χ0) is 16.2. The van der Waals surface area contributed by atoms with Crippen LogP contribution in [0.15, 0.2) is 24.0 Å². The zero-order valence-electron chi connectivity index (χ0n) is 12.0. The molecule has 21 heavy (non-hydrogen) atoms. The zero-order valence-corrected chi connectivity index (χ0v) is 12.0. The molecule has 0 aliphatic carbocycles. The first kappa shape index (κ1) is 17.6. The Labute approximate surface area is 123 Å². The summed E-state index contributed by atoms with van der Waals surface area (Å²) < 4.78 is 0. The van der Waals surface area contributed by atoms with Gasteiger partial charge in [-0.15, -0.1) is 0 Å². The number of aryl methyl sites for hydroxylation is 2. The fourth-order valence-corrected chi connectivity index (χ4v) is 2.05. The highest BCUT2D eigenvalue weighted by molar-refractivity contribution is 5.54. The Kier molecular flexibility index (Phi) is 6.32. The molecule has 6 N–H and O–H groups in total. The molecule has 0 amide bonds. The molecule has 0 bridgehead atoms. The molecule has 0 unspecified atom stereocenters. The number of benzene rings is 1. The van der Waals surface area contributed by atoms with Crippen molar-refractivity contribution in [2.24, 2.45) is 0 Å². The van der Waals surface area contributed by atoms with Gasteiger partial charge in [0.15, 0.2) is 0 Å². The van der Waals surface area contributed by atoms with Gasteiger partial charge in [-0.25, -0.2) is 0 Å². The minimum absolute atomic E-state index is 0.545. The number of rotatable bonds is 6. The van der Waals surface area contributed by atoms with Gasteiger partial charge in [0.05, 0.1) is 6.61 Å². The Morgan fingerprint density at radius 2 is 1.52 bits per heavy atom. The highest BCUT2D eigenvalue weighted by Gasteiger charge is 2.32. The molecule has 6 heteroatoms. The third kappa shape index (κ3) is 4.80. The van der Waals surface area contributed by atoms with Crippen molar-refractivity contribution in [1.82, 2.24) is 0 Å². The van der Waals surface area contributed by atoms with Crippen molar-refractivity contribution < 1.29 is 30.6 Å². The summed E-state index contributed by atoms with van der Waals surface area (Å²) in [6.07, 6.45) is -5.72. The Bertz CT molecular complexity index is 479. The highest BCUT2D eigenvalue weighted by atomic mass is 16.4. The standard InChI is InChI=1S/C15H22O6/c1-8-3-9(2)5-10(4-8)6-11(17)13(19)15(21)14(20)12(18)7-16/h3-6,12-21H,7H2,1-2H3/t12-,13+,14-,15-/m1/s1. The quantitative estimate of drug-likeness (QED) is 0.399. The second kappa shape index (κ2) is 7.53. The molecular weight excluding hydrogens is 276 g/mol. The van der Waals surface area contributed by atoms with Crippen molar-refractivity contribution in [1.29, 1.82) is 0 Å². The van der Waals surface area contributed by atoms with Crippen LogP contribution in [0.4, 0.5) is 0 Å². The number of aliphatic hydroxyl groups is 6. The topological polar surface area (TPSA) is 121 Å². The number of hydrogen-bond donors (Lipinski definition) is 6. The summed E-state index contributed by atoms with van der Waals surface area (Å²) >= 11 is 0.